The summed E-state index contributed by atoms with van der Waals surface area (Å²) in [7, 11) is 0. The van der Waals surface area contributed by atoms with Gasteiger partial charge in [0.15, 0.2) is 0 Å². The van der Waals surface area contributed by atoms with Crippen molar-refractivity contribution in [2.45, 2.75) is 70.5 Å². The number of aliphatic carboxylic acids is 1. The molecule has 0 spiro atoms. The van der Waals surface area contributed by atoms with E-state index in [0.717, 1.165) is 25.7 Å². The monoisotopic (exact) mass is 346 g/mol. The minimum absolute atomic E-state index is 0.0681. The molecule has 3 aliphatic rings. The quantitative estimate of drug-likeness (QED) is 0.540. The molecule has 0 aliphatic heterocycles. The smallest absolute Gasteiger partial charge is 0.303 e. The minimum atomic E-state index is -0.760. The van der Waals surface area contributed by atoms with Gasteiger partial charge >= 0.3 is 5.97 Å². The number of carboxylic acids is 1. The van der Waals surface area contributed by atoms with Gasteiger partial charge in [-0.1, -0.05) is 43.3 Å². The number of carboxylic acid groups (broad SMARTS) is 1. The average Bonchev–Trinajstić information content (AvgIpc) is 3.11. The molecule has 0 heterocycles. The molecule has 0 bridgehead atoms. The summed E-state index contributed by atoms with van der Waals surface area (Å²) in [5, 5.41) is 29.5. The lowest BCUT2D eigenvalue weighted by Crippen LogP contribution is -2.50. The highest BCUT2D eigenvalue weighted by atomic mass is 16.4. The molecule has 3 rings (SSSR count). The molecule has 3 N–H and O–H groups in total. The number of aliphatic hydroxyl groups excluding tert-OH is 2. The zero-order valence-electron chi connectivity index (χ0n) is 15.0. The van der Waals surface area contributed by atoms with Crippen LogP contribution < -0.4 is 0 Å². The lowest BCUT2D eigenvalue weighted by atomic mass is 9.51. The maximum atomic E-state index is 10.7. The van der Waals surface area contributed by atoms with Crippen LogP contribution in [0, 0.1) is 41.4 Å². The number of carbonyl (C=O) groups is 1. The molecule has 0 saturated heterocycles. The Bertz CT molecular complexity index is 578. The van der Waals surface area contributed by atoms with Gasteiger partial charge in [-0.25, -0.2) is 0 Å². The highest BCUT2D eigenvalue weighted by Crippen LogP contribution is 2.55. The summed E-state index contributed by atoms with van der Waals surface area (Å²) in [6, 6.07) is 0. The van der Waals surface area contributed by atoms with Crippen LogP contribution in [-0.2, 0) is 4.79 Å². The van der Waals surface area contributed by atoms with Gasteiger partial charge < -0.3 is 15.3 Å². The second kappa shape index (κ2) is 7.93. The summed E-state index contributed by atoms with van der Waals surface area (Å²) in [5.41, 5.74) is 1.35. The van der Waals surface area contributed by atoms with E-state index in [1.54, 1.807) is 0 Å². The summed E-state index contributed by atoms with van der Waals surface area (Å²) in [4.78, 5) is 10.7. The number of aliphatic hydroxyl groups is 2. The summed E-state index contributed by atoms with van der Waals surface area (Å²) >= 11 is 0. The van der Waals surface area contributed by atoms with E-state index in [4.69, 9.17) is 5.11 Å². The maximum Gasteiger partial charge on any atom is 0.303 e. The topological polar surface area (TPSA) is 77.8 Å². The highest BCUT2D eigenvalue weighted by Gasteiger charge is 2.51. The molecule has 0 aromatic heterocycles. The molecule has 3 fully saturated rings. The highest BCUT2D eigenvalue weighted by molar-refractivity contribution is 5.66. The van der Waals surface area contributed by atoms with Crippen molar-refractivity contribution in [1.82, 2.24) is 0 Å². The molecular weight excluding hydrogens is 316 g/mol. The molecule has 0 amide bonds. The molecule has 4 nitrogen and oxygen atoms in total. The van der Waals surface area contributed by atoms with Crippen LogP contribution in [0.5, 0.6) is 0 Å². The lowest BCUT2D eigenvalue weighted by molar-refractivity contribution is -0.136. The van der Waals surface area contributed by atoms with Gasteiger partial charge in [0.25, 0.3) is 0 Å². The Kier molecular flexibility index (Phi) is 5.86. The molecule has 3 aliphatic carbocycles. The number of hydrogen-bond acceptors (Lipinski definition) is 3. The second-order valence-electron chi connectivity index (χ2n) is 8.06. The molecule has 2 unspecified atom stereocenters. The third kappa shape index (κ3) is 3.93. The van der Waals surface area contributed by atoms with Crippen molar-refractivity contribution in [3.63, 3.8) is 0 Å². The van der Waals surface area contributed by atoms with E-state index in [0.29, 0.717) is 30.1 Å². The summed E-state index contributed by atoms with van der Waals surface area (Å²) in [5.74, 6) is 6.86. The van der Waals surface area contributed by atoms with E-state index in [2.05, 4.69) is 24.8 Å². The largest absolute Gasteiger partial charge is 0.481 e. The van der Waals surface area contributed by atoms with Crippen LogP contribution in [0.25, 0.3) is 0 Å². The number of fused-ring (bicyclic) bond motifs is 1. The third-order valence-electron chi connectivity index (χ3n) is 6.58. The van der Waals surface area contributed by atoms with E-state index in [1.165, 1.54) is 18.4 Å². The van der Waals surface area contributed by atoms with Gasteiger partial charge in [-0.15, -0.1) is 0 Å². The molecule has 0 aromatic carbocycles. The lowest BCUT2D eigenvalue weighted by Gasteiger charge is -2.53. The Hall–Kier alpha value is -1.31. The predicted octanol–water partition coefficient (Wildman–Crippen LogP) is 2.99. The van der Waals surface area contributed by atoms with Crippen molar-refractivity contribution in [2.75, 3.05) is 0 Å². The van der Waals surface area contributed by atoms with E-state index < -0.39 is 18.2 Å². The van der Waals surface area contributed by atoms with Crippen molar-refractivity contribution in [3.05, 3.63) is 11.6 Å². The van der Waals surface area contributed by atoms with E-state index >= 15 is 0 Å². The second-order valence-corrected chi connectivity index (χ2v) is 8.06. The number of rotatable bonds is 4. The van der Waals surface area contributed by atoms with Crippen molar-refractivity contribution in [1.29, 1.82) is 0 Å². The predicted molar refractivity (Wildman–Crippen MR) is 95.6 cm³/mol. The fourth-order valence-corrected chi connectivity index (χ4v) is 5.18. The van der Waals surface area contributed by atoms with Gasteiger partial charge in [0.2, 0.25) is 0 Å². The summed E-state index contributed by atoms with van der Waals surface area (Å²) in [6.45, 7) is 2.16. The minimum Gasteiger partial charge on any atom is -0.481 e. The molecule has 25 heavy (non-hydrogen) atoms. The standard InChI is InChI=1S/C21H30O4/c1-13-15(7-4-8-20(24)25)16-9-12-19(23)17(21(13)16)10-11-18(22)14-5-2-3-6-14/h7,13-14,16-19,21-23H,2-6,8-9,12H2,1H3,(H,24,25)/t13?,16-,17+,18?,19-,21+/m0/s1. The first-order valence-electron chi connectivity index (χ1n) is 9.78. The molecule has 3 saturated carbocycles. The van der Waals surface area contributed by atoms with Gasteiger partial charge in [-0.3, -0.25) is 4.79 Å². The Morgan fingerprint density at radius 3 is 2.68 bits per heavy atom. The molecule has 138 valence electrons. The fourth-order valence-electron chi connectivity index (χ4n) is 5.18. The zero-order valence-corrected chi connectivity index (χ0v) is 15.0. The van der Waals surface area contributed by atoms with Crippen LogP contribution in [0.15, 0.2) is 11.6 Å². The first kappa shape index (κ1) is 18.5. The first-order valence-corrected chi connectivity index (χ1v) is 9.78. The Morgan fingerprint density at radius 2 is 2.00 bits per heavy atom. The molecule has 6 atom stereocenters. The summed E-state index contributed by atoms with van der Waals surface area (Å²) < 4.78 is 0. The van der Waals surface area contributed by atoms with Crippen LogP contribution in [0.2, 0.25) is 0 Å². The van der Waals surface area contributed by atoms with Gasteiger partial charge in [-0.05, 0) is 55.8 Å². The Morgan fingerprint density at radius 1 is 1.28 bits per heavy atom. The van der Waals surface area contributed by atoms with Gasteiger partial charge in [0.1, 0.15) is 6.10 Å². The van der Waals surface area contributed by atoms with Crippen molar-refractivity contribution in [3.8, 4) is 11.8 Å². The Balaban J connectivity index is 1.66. The normalized spacial score (nSPS) is 37.7. The van der Waals surface area contributed by atoms with Crippen molar-refractivity contribution >= 4 is 5.97 Å². The average molecular weight is 346 g/mol. The molecular formula is C21H30O4. The SMILES string of the molecule is CC1C(=CCCC(=O)O)[C@@H]2CC[C@H](O)[C@@H](C#CC(O)C3CCCC3)[C@H]12. The summed E-state index contributed by atoms with van der Waals surface area (Å²) in [6.07, 6.45) is 8.05. The number of allylic oxidation sites excluding steroid dienone is 2. The van der Waals surface area contributed by atoms with E-state index in [-0.39, 0.29) is 12.3 Å². The van der Waals surface area contributed by atoms with Crippen molar-refractivity contribution in [2.24, 2.45) is 29.6 Å². The number of hydrogen-bond donors (Lipinski definition) is 3. The molecule has 4 heteroatoms. The van der Waals surface area contributed by atoms with Crippen molar-refractivity contribution < 1.29 is 20.1 Å². The van der Waals surface area contributed by atoms with Gasteiger partial charge in [0, 0.05) is 6.42 Å². The molecule has 0 radical (unpaired) electrons. The van der Waals surface area contributed by atoms with Crippen LogP contribution in [-0.4, -0.2) is 33.5 Å². The zero-order chi connectivity index (χ0) is 18.0. The van der Waals surface area contributed by atoms with Gasteiger partial charge in [0.05, 0.1) is 12.0 Å². The van der Waals surface area contributed by atoms with E-state index in [1.807, 2.05) is 0 Å². The van der Waals surface area contributed by atoms with Crippen LogP contribution in [0.4, 0.5) is 0 Å². The first-order chi connectivity index (χ1) is 12.0. The van der Waals surface area contributed by atoms with Crippen LogP contribution in [0.1, 0.15) is 58.3 Å². The van der Waals surface area contributed by atoms with E-state index in [9.17, 15) is 15.0 Å². The Labute approximate surface area is 150 Å². The molecule has 0 aromatic rings. The maximum absolute atomic E-state index is 10.7. The van der Waals surface area contributed by atoms with Crippen LogP contribution in [0.3, 0.4) is 0 Å². The third-order valence-corrected chi connectivity index (χ3v) is 6.58. The fraction of sp³-hybridized carbons (Fsp3) is 0.762. The van der Waals surface area contributed by atoms with Gasteiger partial charge in [-0.2, -0.15) is 0 Å². The van der Waals surface area contributed by atoms with Crippen LogP contribution >= 0.6 is 0 Å².